The fourth-order valence-corrected chi connectivity index (χ4v) is 3.60. The number of anilines is 1. The summed E-state index contributed by atoms with van der Waals surface area (Å²) in [7, 11) is 0. The van der Waals surface area contributed by atoms with Crippen LogP contribution >= 0.6 is 15.9 Å². The Hall–Kier alpha value is -2.38. The number of amides is 2. The maximum Gasteiger partial charge on any atom is 0.255 e. The van der Waals surface area contributed by atoms with Crippen molar-refractivity contribution in [2.75, 3.05) is 25.1 Å². The Morgan fingerprint density at radius 2 is 1.90 bits per heavy atom. The molecule has 1 unspecified atom stereocenters. The van der Waals surface area contributed by atoms with Crippen LogP contribution in [0.3, 0.4) is 0 Å². The summed E-state index contributed by atoms with van der Waals surface area (Å²) in [5.41, 5.74) is 1.70. The monoisotopic (exact) mass is 474 g/mol. The molecule has 160 valence electrons. The summed E-state index contributed by atoms with van der Waals surface area (Å²) in [6, 6.07) is 12.1. The summed E-state index contributed by atoms with van der Waals surface area (Å²) in [6.45, 7) is 4.03. The van der Waals surface area contributed by atoms with Gasteiger partial charge in [-0.1, -0.05) is 13.3 Å². The molecule has 3 rings (SSSR count). The van der Waals surface area contributed by atoms with E-state index >= 15 is 0 Å². The number of halogens is 1. The van der Waals surface area contributed by atoms with Gasteiger partial charge in [-0.25, -0.2) is 0 Å². The van der Waals surface area contributed by atoms with Gasteiger partial charge in [0.05, 0.1) is 10.6 Å². The van der Waals surface area contributed by atoms with Crippen LogP contribution in [-0.4, -0.2) is 37.7 Å². The van der Waals surface area contributed by atoms with E-state index < -0.39 is 0 Å². The fourth-order valence-electron chi connectivity index (χ4n) is 3.11. The highest BCUT2D eigenvalue weighted by Crippen LogP contribution is 2.27. The van der Waals surface area contributed by atoms with Crippen LogP contribution in [0.4, 0.5) is 5.69 Å². The lowest BCUT2D eigenvalue weighted by Crippen LogP contribution is -2.24. The highest BCUT2D eigenvalue weighted by Gasteiger charge is 2.17. The van der Waals surface area contributed by atoms with E-state index in [4.69, 9.17) is 9.47 Å². The molecule has 0 spiro atoms. The average Bonchev–Trinajstić information content (AvgIpc) is 3.27. The Kier molecular flexibility index (Phi) is 8.28. The Morgan fingerprint density at radius 3 is 2.57 bits per heavy atom. The third kappa shape index (κ3) is 6.31. The smallest absolute Gasteiger partial charge is 0.255 e. The van der Waals surface area contributed by atoms with E-state index in [1.165, 1.54) is 0 Å². The number of unbranched alkanes of at least 4 members (excludes halogenated alkanes) is 1. The third-order valence-corrected chi connectivity index (χ3v) is 5.48. The summed E-state index contributed by atoms with van der Waals surface area (Å²) in [5, 5.41) is 5.72. The molecule has 2 aromatic carbocycles. The summed E-state index contributed by atoms with van der Waals surface area (Å²) in [5.74, 6) is 0.339. The molecule has 0 aromatic heterocycles. The van der Waals surface area contributed by atoms with Crippen molar-refractivity contribution in [3.8, 4) is 5.75 Å². The highest BCUT2D eigenvalue weighted by molar-refractivity contribution is 9.10. The lowest BCUT2D eigenvalue weighted by Gasteiger charge is -2.13. The van der Waals surface area contributed by atoms with E-state index in [9.17, 15) is 9.59 Å². The minimum absolute atomic E-state index is 0.108. The molecule has 1 aliphatic heterocycles. The van der Waals surface area contributed by atoms with E-state index in [1.807, 2.05) is 0 Å². The first-order chi connectivity index (χ1) is 14.6. The first-order valence-electron chi connectivity index (χ1n) is 10.3. The van der Waals surface area contributed by atoms with E-state index in [1.54, 1.807) is 42.5 Å². The molecule has 2 N–H and O–H groups in total. The van der Waals surface area contributed by atoms with Crippen molar-refractivity contribution < 1.29 is 19.1 Å². The zero-order valence-electron chi connectivity index (χ0n) is 17.1. The van der Waals surface area contributed by atoms with Crippen molar-refractivity contribution in [3.63, 3.8) is 0 Å². The third-order valence-electron chi connectivity index (χ3n) is 4.86. The van der Waals surface area contributed by atoms with Gasteiger partial charge < -0.3 is 20.1 Å². The van der Waals surface area contributed by atoms with Crippen molar-refractivity contribution >= 4 is 33.4 Å². The Bertz CT molecular complexity index is 864. The molecular weight excluding hydrogens is 448 g/mol. The first-order valence-corrected chi connectivity index (χ1v) is 11.1. The minimum Gasteiger partial charge on any atom is -0.490 e. The molecule has 2 amide bonds. The molecule has 2 aromatic rings. The predicted molar refractivity (Wildman–Crippen MR) is 120 cm³/mol. The molecule has 1 aliphatic rings. The van der Waals surface area contributed by atoms with E-state index in [2.05, 4.69) is 33.5 Å². The van der Waals surface area contributed by atoms with Gasteiger partial charge in [0.15, 0.2) is 0 Å². The molecular formula is C23H27BrN2O4. The van der Waals surface area contributed by atoms with Gasteiger partial charge in [-0.05, 0) is 77.7 Å². The van der Waals surface area contributed by atoms with Crippen LogP contribution < -0.4 is 15.4 Å². The van der Waals surface area contributed by atoms with Gasteiger partial charge in [-0.15, -0.1) is 0 Å². The number of hydrogen-bond acceptors (Lipinski definition) is 4. The number of rotatable bonds is 9. The summed E-state index contributed by atoms with van der Waals surface area (Å²) >= 11 is 3.47. The first kappa shape index (κ1) is 22.3. The minimum atomic E-state index is -0.235. The van der Waals surface area contributed by atoms with Gasteiger partial charge in [0.2, 0.25) is 0 Å². The van der Waals surface area contributed by atoms with Gasteiger partial charge in [0, 0.05) is 30.0 Å². The zero-order chi connectivity index (χ0) is 21.3. The van der Waals surface area contributed by atoms with Gasteiger partial charge in [0.1, 0.15) is 12.4 Å². The lowest BCUT2D eigenvalue weighted by atomic mass is 10.1. The number of carbonyl (C=O) groups excluding carboxylic acids is 2. The number of ether oxygens (including phenoxy) is 2. The van der Waals surface area contributed by atoms with Crippen LogP contribution in [0.2, 0.25) is 0 Å². The molecule has 0 bridgehead atoms. The Morgan fingerprint density at radius 1 is 1.13 bits per heavy atom. The molecule has 1 fully saturated rings. The summed E-state index contributed by atoms with van der Waals surface area (Å²) in [6.07, 6.45) is 4.20. The summed E-state index contributed by atoms with van der Waals surface area (Å²) < 4.78 is 12.1. The Balaban J connectivity index is 1.54. The fraction of sp³-hybridized carbons (Fsp3) is 0.391. The number of benzene rings is 2. The number of hydrogen-bond donors (Lipinski definition) is 2. The molecule has 0 saturated carbocycles. The van der Waals surface area contributed by atoms with Gasteiger partial charge in [0.25, 0.3) is 11.8 Å². The maximum atomic E-state index is 12.6. The summed E-state index contributed by atoms with van der Waals surface area (Å²) in [4.78, 5) is 24.6. The normalized spacial score (nSPS) is 15.6. The molecule has 1 atom stereocenters. The van der Waals surface area contributed by atoms with Crippen molar-refractivity contribution in [2.45, 2.75) is 38.7 Å². The average molecular weight is 475 g/mol. The van der Waals surface area contributed by atoms with Crippen LogP contribution in [0, 0.1) is 0 Å². The quantitative estimate of drug-likeness (QED) is 0.512. The lowest BCUT2D eigenvalue weighted by molar-refractivity contribution is 0.0677. The second kappa shape index (κ2) is 11.1. The van der Waals surface area contributed by atoms with Crippen molar-refractivity contribution in [2.24, 2.45) is 0 Å². The molecule has 6 nitrogen and oxygen atoms in total. The largest absolute Gasteiger partial charge is 0.490 e. The second-order valence-corrected chi connectivity index (χ2v) is 8.09. The van der Waals surface area contributed by atoms with Crippen molar-refractivity contribution in [3.05, 3.63) is 58.1 Å². The SMILES string of the molecule is CCCCNC(=O)c1ccc(NC(=O)c2ccc(OCC3CCCO3)c(Br)c2)cc1. The molecule has 0 radical (unpaired) electrons. The zero-order valence-corrected chi connectivity index (χ0v) is 18.7. The highest BCUT2D eigenvalue weighted by atomic mass is 79.9. The van der Waals surface area contributed by atoms with Gasteiger partial charge >= 0.3 is 0 Å². The molecule has 1 saturated heterocycles. The van der Waals surface area contributed by atoms with Crippen LogP contribution in [-0.2, 0) is 4.74 Å². The van der Waals surface area contributed by atoms with Crippen LogP contribution in [0.5, 0.6) is 5.75 Å². The van der Waals surface area contributed by atoms with Crippen molar-refractivity contribution in [1.82, 2.24) is 5.32 Å². The van der Waals surface area contributed by atoms with Gasteiger partial charge in [-0.3, -0.25) is 9.59 Å². The molecule has 1 heterocycles. The van der Waals surface area contributed by atoms with Crippen LogP contribution in [0.25, 0.3) is 0 Å². The molecule has 0 aliphatic carbocycles. The van der Waals surface area contributed by atoms with E-state index in [0.29, 0.717) is 40.2 Å². The van der Waals surface area contributed by atoms with Crippen LogP contribution in [0.15, 0.2) is 46.9 Å². The number of carbonyl (C=O) groups is 2. The number of nitrogens with one attached hydrogen (secondary N) is 2. The molecule has 7 heteroatoms. The van der Waals surface area contributed by atoms with Crippen LogP contribution in [0.1, 0.15) is 53.3 Å². The topological polar surface area (TPSA) is 76.7 Å². The maximum absolute atomic E-state index is 12.6. The van der Waals surface area contributed by atoms with Crippen molar-refractivity contribution in [1.29, 1.82) is 0 Å². The standard InChI is InChI=1S/C23H27BrN2O4/c1-2-3-12-25-22(27)16-6-9-18(10-7-16)26-23(28)17-8-11-21(20(24)14-17)30-15-19-5-4-13-29-19/h6-11,14,19H,2-5,12-13,15H2,1H3,(H,25,27)(H,26,28). The molecule has 30 heavy (non-hydrogen) atoms. The predicted octanol–water partition coefficient (Wildman–Crippen LogP) is 4.79. The van der Waals surface area contributed by atoms with E-state index in [-0.39, 0.29) is 17.9 Å². The second-order valence-electron chi connectivity index (χ2n) is 7.23. The Labute approximate surface area is 185 Å². The van der Waals surface area contributed by atoms with E-state index in [0.717, 1.165) is 32.3 Å². The van der Waals surface area contributed by atoms with Gasteiger partial charge in [-0.2, -0.15) is 0 Å².